The van der Waals surface area contributed by atoms with Crippen LogP contribution < -0.4 is 0 Å². The fourth-order valence-corrected chi connectivity index (χ4v) is 1.59. The van der Waals surface area contributed by atoms with Gasteiger partial charge in [-0.15, -0.1) is 0 Å². The zero-order chi connectivity index (χ0) is 12.3. The molecule has 1 rings (SSSR count). The zero-order valence-corrected chi connectivity index (χ0v) is 9.67. The van der Waals surface area contributed by atoms with Crippen molar-refractivity contribution in [3.8, 4) is 6.07 Å². The third kappa shape index (κ3) is 2.79. The monoisotopic (exact) mass is 223 g/mol. The summed E-state index contributed by atoms with van der Waals surface area (Å²) >= 11 is 0. The summed E-state index contributed by atoms with van der Waals surface area (Å²) in [6.45, 7) is 4.75. The quantitative estimate of drug-likeness (QED) is 0.758. The maximum absolute atomic E-state index is 13.0. The van der Waals surface area contributed by atoms with Gasteiger partial charge in [0.1, 0.15) is 0 Å². The topological polar surface area (TPSA) is 23.8 Å². The second kappa shape index (κ2) is 4.61. The van der Waals surface area contributed by atoms with E-state index in [2.05, 4.69) is 6.07 Å². The van der Waals surface area contributed by atoms with Crippen LogP contribution in [0.3, 0.4) is 0 Å². The van der Waals surface area contributed by atoms with Crippen LogP contribution in [0.5, 0.6) is 0 Å². The van der Waals surface area contributed by atoms with E-state index in [0.29, 0.717) is 0 Å². The number of alkyl halides is 2. The molecule has 0 aliphatic rings. The first-order valence-corrected chi connectivity index (χ1v) is 5.24. The molecule has 0 aliphatic heterocycles. The molecule has 0 saturated heterocycles. The minimum absolute atomic E-state index is 0.0169. The Morgan fingerprint density at radius 1 is 1.19 bits per heavy atom. The molecule has 0 bridgehead atoms. The molecule has 1 unspecified atom stereocenters. The summed E-state index contributed by atoms with van der Waals surface area (Å²) in [6, 6.07) is 8.19. The summed E-state index contributed by atoms with van der Waals surface area (Å²) in [6.07, 6.45) is 0. The van der Waals surface area contributed by atoms with Gasteiger partial charge in [0.2, 0.25) is 0 Å². The smallest absolute Gasteiger partial charge is 0.202 e. The molecule has 3 heteroatoms. The minimum Gasteiger partial charge on any atom is -0.202 e. The number of rotatable bonds is 3. The number of halogens is 2. The fraction of sp³-hybridized carbons (Fsp3) is 0.462. The molecule has 0 heterocycles. The molecule has 1 aromatic carbocycles. The molecule has 0 amide bonds. The second-order valence-corrected chi connectivity index (χ2v) is 4.36. The van der Waals surface area contributed by atoms with Gasteiger partial charge in [0.05, 0.1) is 12.0 Å². The highest BCUT2D eigenvalue weighted by molar-refractivity contribution is 5.30. The summed E-state index contributed by atoms with van der Waals surface area (Å²) in [7, 11) is 0. The zero-order valence-electron chi connectivity index (χ0n) is 9.67. The normalized spacial score (nSPS) is 13.6. The van der Waals surface area contributed by atoms with Crippen molar-refractivity contribution in [2.75, 3.05) is 0 Å². The molecule has 0 aromatic heterocycles. The Morgan fingerprint density at radius 3 is 2.00 bits per heavy atom. The van der Waals surface area contributed by atoms with E-state index in [-0.39, 0.29) is 17.4 Å². The molecule has 1 atom stereocenters. The van der Waals surface area contributed by atoms with Crippen molar-refractivity contribution in [3.05, 3.63) is 35.4 Å². The van der Waals surface area contributed by atoms with Gasteiger partial charge in [0, 0.05) is 12.5 Å². The molecule has 0 fully saturated rings. The van der Waals surface area contributed by atoms with E-state index in [1.165, 1.54) is 12.1 Å². The third-order valence-corrected chi connectivity index (χ3v) is 2.58. The Morgan fingerprint density at radius 2 is 1.69 bits per heavy atom. The van der Waals surface area contributed by atoms with Crippen molar-refractivity contribution < 1.29 is 8.78 Å². The van der Waals surface area contributed by atoms with Crippen LogP contribution in [0.15, 0.2) is 24.3 Å². The van der Waals surface area contributed by atoms with E-state index >= 15 is 0 Å². The lowest BCUT2D eigenvalue weighted by molar-refractivity contribution is 0.0174. The largest absolute Gasteiger partial charge is 0.270 e. The van der Waals surface area contributed by atoms with E-state index in [0.717, 1.165) is 12.5 Å². The Kier molecular flexibility index (Phi) is 3.64. The second-order valence-electron chi connectivity index (χ2n) is 4.36. The van der Waals surface area contributed by atoms with E-state index < -0.39 is 5.92 Å². The summed E-state index contributed by atoms with van der Waals surface area (Å²) in [4.78, 5) is 0. The number of nitrogens with zero attached hydrogens (tertiary/aromatic N) is 1. The maximum atomic E-state index is 13.0. The first-order chi connectivity index (χ1) is 7.36. The van der Waals surface area contributed by atoms with Crippen LogP contribution in [0, 0.1) is 17.2 Å². The van der Waals surface area contributed by atoms with Crippen molar-refractivity contribution in [1.29, 1.82) is 5.26 Å². The standard InChI is InChI=1S/C13H15F2N/c1-9(2)12(8-16)10-4-6-11(7-5-10)13(3,14)15/h4-7,9,12H,1-3H3. The summed E-state index contributed by atoms with van der Waals surface area (Å²) in [5, 5.41) is 8.98. The molecular weight excluding hydrogens is 208 g/mol. The van der Waals surface area contributed by atoms with Crippen LogP contribution in [0.4, 0.5) is 8.78 Å². The van der Waals surface area contributed by atoms with Gasteiger partial charge in [-0.1, -0.05) is 38.1 Å². The molecule has 1 nitrogen and oxygen atoms in total. The van der Waals surface area contributed by atoms with Gasteiger partial charge in [-0.25, -0.2) is 8.78 Å². The molecular formula is C13H15F2N. The van der Waals surface area contributed by atoms with Gasteiger partial charge in [-0.3, -0.25) is 0 Å². The van der Waals surface area contributed by atoms with Crippen molar-refractivity contribution >= 4 is 0 Å². The van der Waals surface area contributed by atoms with E-state index in [9.17, 15) is 8.78 Å². The van der Waals surface area contributed by atoms with Gasteiger partial charge in [0.15, 0.2) is 0 Å². The first-order valence-electron chi connectivity index (χ1n) is 5.24. The molecule has 16 heavy (non-hydrogen) atoms. The van der Waals surface area contributed by atoms with Crippen LogP contribution in [0.2, 0.25) is 0 Å². The van der Waals surface area contributed by atoms with E-state index in [1.807, 2.05) is 13.8 Å². The Bertz CT molecular complexity index is 382. The lowest BCUT2D eigenvalue weighted by atomic mass is 9.89. The van der Waals surface area contributed by atoms with Crippen LogP contribution in [0.1, 0.15) is 37.8 Å². The number of hydrogen-bond donors (Lipinski definition) is 0. The number of nitriles is 1. The van der Waals surface area contributed by atoms with Gasteiger partial charge < -0.3 is 0 Å². The van der Waals surface area contributed by atoms with Crippen LogP contribution in [-0.2, 0) is 5.92 Å². The summed E-state index contributed by atoms with van der Waals surface area (Å²) in [5.41, 5.74) is 0.780. The van der Waals surface area contributed by atoms with E-state index in [4.69, 9.17) is 5.26 Å². The average Bonchev–Trinajstić information content (AvgIpc) is 2.17. The fourth-order valence-electron chi connectivity index (χ4n) is 1.59. The lowest BCUT2D eigenvalue weighted by Gasteiger charge is -2.15. The van der Waals surface area contributed by atoms with Crippen molar-refractivity contribution in [1.82, 2.24) is 0 Å². The number of hydrogen-bond acceptors (Lipinski definition) is 1. The summed E-state index contributed by atoms with van der Waals surface area (Å²) in [5.74, 6) is -2.88. The van der Waals surface area contributed by atoms with Crippen molar-refractivity contribution in [3.63, 3.8) is 0 Å². The van der Waals surface area contributed by atoms with E-state index in [1.54, 1.807) is 12.1 Å². The maximum Gasteiger partial charge on any atom is 0.270 e. The van der Waals surface area contributed by atoms with Crippen LogP contribution in [0.25, 0.3) is 0 Å². The molecule has 1 aromatic rings. The highest BCUT2D eigenvalue weighted by Crippen LogP contribution is 2.29. The van der Waals surface area contributed by atoms with Gasteiger partial charge in [-0.2, -0.15) is 5.26 Å². The molecule has 0 spiro atoms. The summed E-state index contributed by atoms with van der Waals surface area (Å²) < 4.78 is 25.9. The van der Waals surface area contributed by atoms with Crippen molar-refractivity contribution in [2.24, 2.45) is 5.92 Å². The molecule has 86 valence electrons. The molecule has 0 radical (unpaired) electrons. The molecule has 0 aliphatic carbocycles. The predicted molar refractivity (Wildman–Crippen MR) is 59.2 cm³/mol. The van der Waals surface area contributed by atoms with Gasteiger partial charge in [0.25, 0.3) is 5.92 Å². The molecule has 0 N–H and O–H groups in total. The lowest BCUT2D eigenvalue weighted by Crippen LogP contribution is -2.08. The third-order valence-electron chi connectivity index (χ3n) is 2.58. The Hall–Kier alpha value is -1.43. The van der Waals surface area contributed by atoms with Crippen LogP contribution in [-0.4, -0.2) is 0 Å². The highest BCUT2D eigenvalue weighted by Gasteiger charge is 2.24. The highest BCUT2D eigenvalue weighted by atomic mass is 19.3. The van der Waals surface area contributed by atoms with Crippen molar-refractivity contribution in [2.45, 2.75) is 32.6 Å². The first kappa shape index (κ1) is 12.6. The Labute approximate surface area is 94.7 Å². The molecule has 0 saturated carbocycles. The SMILES string of the molecule is CC(C)C(C#N)c1ccc(C(C)(F)F)cc1. The number of benzene rings is 1. The average molecular weight is 223 g/mol. The Balaban J connectivity index is 3.00. The van der Waals surface area contributed by atoms with Gasteiger partial charge in [-0.05, 0) is 11.5 Å². The van der Waals surface area contributed by atoms with Gasteiger partial charge >= 0.3 is 0 Å². The van der Waals surface area contributed by atoms with Crippen LogP contribution >= 0.6 is 0 Å². The predicted octanol–water partition coefficient (Wildman–Crippen LogP) is 4.06. The minimum atomic E-state index is -2.82.